The third-order valence-electron chi connectivity index (χ3n) is 1.78. The Balaban J connectivity index is 3.76. The standard InChI is InChI=1S/C12H20O2/c1-4-6-7-8-9-10-11(3)12(13)14-5-2/h6-7,10H,4-5,8-9H2,1-3H3. The van der Waals surface area contributed by atoms with Gasteiger partial charge in [-0.2, -0.15) is 0 Å². The van der Waals surface area contributed by atoms with E-state index in [2.05, 4.69) is 19.1 Å². The summed E-state index contributed by atoms with van der Waals surface area (Å²) in [5.41, 5.74) is 0.705. The number of unbranched alkanes of at least 4 members (excludes halogenated alkanes) is 1. The smallest absolute Gasteiger partial charge is 0.333 e. The second-order valence-corrected chi connectivity index (χ2v) is 3.06. The number of hydrogen-bond donors (Lipinski definition) is 0. The fraction of sp³-hybridized carbons (Fsp3) is 0.583. The van der Waals surface area contributed by atoms with Gasteiger partial charge in [0.25, 0.3) is 0 Å². The van der Waals surface area contributed by atoms with Crippen molar-refractivity contribution in [3.8, 4) is 0 Å². The zero-order valence-corrected chi connectivity index (χ0v) is 9.38. The van der Waals surface area contributed by atoms with Crippen LogP contribution in [0.25, 0.3) is 0 Å². The fourth-order valence-electron chi connectivity index (χ4n) is 1.01. The number of carbonyl (C=O) groups excluding carboxylic acids is 1. The summed E-state index contributed by atoms with van der Waals surface area (Å²) >= 11 is 0. The average molecular weight is 196 g/mol. The van der Waals surface area contributed by atoms with E-state index in [0.29, 0.717) is 12.2 Å². The molecule has 0 atom stereocenters. The predicted octanol–water partition coefficient (Wildman–Crippen LogP) is 3.24. The molecule has 0 aliphatic heterocycles. The van der Waals surface area contributed by atoms with E-state index in [1.165, 1.54) is 0 Å². The highest BCUT2D eigenvalue weighted by Gasteiger charge is 2.02. The number of esters is 1. The van der Waals surface area contributed by atoms with Crippen molar-refractivity contribution in [1.29, 1.82) is 0 Å². The van der Waals surface area contributed by atoms with Crippen molar-refractivity contribution < 1.29 is 9.53 Å². The molecule has 0 heterocycles. The molecular weight excluding hydrogens is 176 g/mol. The number of ether oxygens (including phenoxy) is 1. The second-order valence-electron chi connectivity index (χ2n) is 3.06. The first-order chi connectivity index (χ1) is 6.72. The first-order valence-corrected chi connectivity index (χ1v) is 5.21. The zero-order valence-electron chi connectivity index (χ0n) is 9.38. The van der Waals surface area contributed by atoms with Crippen LogP contribution in [0.1, 0.15) is 40.0 Å². The molecule has 2 heteroatoms. The summed E-state index contributed by atoms with van der Waals surface area (Å²) in [4.78, 5) is 11.2. The molecule has 0 aliphatic carbocycles. The lowest BCUT2D eigenvalue weighted by Crippen LogP contribution is -2.04. The minimum Gasteiger partial charge on any atom is -0.463 e. The lowest BCUT2D eigenvalue weighted by molar-refractivity contribution is -0.138. The van der Waals surface area contributed by atoms with Crippen LogP contribution in [0.3, 0.4) is 0 Å². The van der Waals surface area contributed by atoms with Gasteiger partial charge in [0.2, 0.25) is 0 Å². The molecule has 80 valence electrons. The van der Waals surface area contributed by atoms with Gasteiger partial charge in [0.15, 0.2) is 0 Å². The molecule has 2 nitrogen and oxygen atoms in total. The van der Waals surface area contributed by atoms with E-state index in [9.17, 15) is 4.79 Å². The summed E-state index contributed by atoms with van der Waals surface area (Å²) in [7, 11) is 0. The van der Waals surface area contributed by atoms with Gasteiger partial charge in [0, 0.05) is 5.57 Å². The highest BCUT2D eigenvalue weighted by atomic mass is 16.5. The Morgan fingerprint density at radius 3 is 2.50 bits per heavy atom. The maximum absolute atomic E-state index is 11.2. The van der Waals surface area contributed by atoms with E-state index in [0.717, 1.165) is 19.3 Å². The Bertz CT molecular complexity index is 214. The maximum atomic E-state index is 11.2. The summed E-state index contributed by atoms with van der Waals surface area (Å²) in [6, 6.07) is 0. The Hall–Kier alpha value is -1.05. The number of rotatable bonds is 6. The molecule has 0 N–H and O–H groups in total. The molecule has 0 spiro atoms. The SMILES string of the molecule is CCC=CCCC=C(C)C(=O)OCC. The van der Waals surface area contributed by atoms with Crippen molar-refractivity contribution in [2.45, 2.75) is 40.0 Å². The minimum absolute atomic E-state index is 0.202. The predicted molar refractivity (Wildman–Crippen MR) is 59.1 cm³/mol. The van der Waals surface area contributed by atoms with Gasteiger partial charge in [-0.25, -0.2) is 4.79 Å². The van der Waals surface area contributed by atoms with Gasteiger partial charge in [-0.15, -0.1) is 0 Å². The Morgan fingerprint density at radius 2 is 1.93 bits per heavy atom. The Labute approximate surface area is 86.6 Å². The number of hydrogen-bond acceptors (Lipinski definition) is 2. The maximum Gasteiger partial charge on any atom is 0.333 e. The minimum atomic E-state index is -0.202. The van der Waals surface area contributed by atoms with Gasteiger partial charge < -0.3 is 4.74 Å². The van der Waals surface area contributed by atoms with Gasteiger partial charge in [-0.1, -0.05) is 25.2 Å². The van der Waals surface area contributed by atoms with Crippen LogP contribution in [-0.4, -0.2) is 12.6 Å². The van der Waals surface area contributed by atoms with E-state index in [1.54, 1.807) is 6.92 Å². The van der Waals surface area contributed by atoms with Crippen LogP contribution in [0, 0.1) is 0 Å². The largest absolute Gasteiger partial charge is 0.463 e. The summed E-state index contributed by atoms with van der Waals surface area (Å²) in [6.07, 6.45) is 9.16. The quantitative estimate of drug-likeness (QED) is 0.282. The molecule has 14 heavy (non-hydrogen) atoms. The van der Waals surface area contributed by atoms with Crippen LogP contribution in [-0.2, 0) is 9.53 Å². The van der Waals surface area contributed by atoms with Crippen LogP contribution < -0.4 is 0 Å². The van der Waals surface area contributed by atoms with Crippen molar-refractivity contribution in [3.63, 3.8) is 0 Å². The second kappa shape index (κ2) is 8.54. The lowest BCUT2D eigenvalue weighted by atomic mass is 10.2. The average Bonchev–Trinajstić information content (AvgIpc) is 2.17. The molecule has 0 aliphatic rings. The van der Waals surface area contributed by atoms with Crippen molar-refractivity contribution >= 4 is 5.97 Å². The first kappa shape index (κ1) is 12.9. The third-order valence-corrected chi connectivity index (χ3v) is 1.78. The molecule has 0 radical (unpaired) electrons. The van der Waals surface area contributed by atoms with Gasteiger partial charge >= 0.3 is 5.97 Å². The molecular formula is C12H20O2. The van der Waals surface area contributed by atoms with E-state index in [-0.39, 0.29) is 5.97 Å². The van der Waals surface area contributed by atoms with Crippen LogP contribution in [0.5, 0.6) is 0 Å². The molecule has 0 aromatic rings. The number of carbonyl (C=O) groups is 1. The highest BCUT2D eigenvalue weighted by molar-refractivity contribution is 5.87. The molecule has 0 aromatic heterocycles. The molecule has 0 saturated heterocycles. The summed E-state index contributed by atoms with van der Waals surface area (Å²) in [5, 5.41) is 0. The van der Waals surface area contributed by atoms with Crippen molar-refractivity contribution in [3.05, 3.63) is 23.8 Å². The van der Waals surface area contributed by atoms with Crippen LogP contribution in [0.4, 0.5) is 0 Å². The third kappa shape index (κ3) is 6.46. The molecule has 0 aromatic carbocycles. The molecule has 0 bridgehead atoms. The van der Waals surface area contributed by atoms with Gasteiger partial charge in [0.05, 0.1) is 6.61 Å². The molecule has 0 amide bonds. The van der Waals surface area contributed by atoms with Crippen molar-refractivity contribution in [2.24, 2.45) is 0 Å². The van der Waals surface area contributed by atoms with E-state index in [4.69, 9.17) is 4.74 Å². The van der Waals surface area contributed by atoms with Crippen LogP contribution >= 0.6 is 0 Å². The molecule has 0 unspecified atom stereocenters. The van der Waals surface area contributed by atoms with Crippen LogP contribution in [0.2, 0.25) is 0 Å². The molecule has 0 rings (SSSR count). The van der Waals surface area contributed by atoms with Crippen LogP contribution in [0.15, 0.2) is 23.8 Å². The first-order valence-electron chi connectivity index (χ1n) is 5.21. The molecule has 0 fully saturated rings. The Morgan fingerprint density at radius 1 is 1.21 bits per heavy atom. The fourth-order valence-corrected chi connectivity index (χ4v) is 1.01. The van der Waals surface area contributed by atoms with Gasteiger partial charge in [-0.05, 0) is 33.1 Å². The normalized spacial score (nSPS) is 12.1. The number of allylic oxidation sites excluding steroid dienone is 3. The van der Waals surface area contributed by atoms with Gasteiger partial charge in [0.1, 0.15) is 0 Å². The summed E-state index contributed by atoms with van der Waals surface area (Å²) in [5.74, 6) is -0.202. The monoisotopic (exact) mass is 196 g/mol. The van der Waals surface area contributed by atoms with Gasteiger partial charge in [-0.3, -0.25) is 0 Å². The summed E-state index contributed by atoms with van der Waals surface area (Å²) in [6.45, 7) is 6.16. The van der Waals surface area contributed by atoms with E-state index < -0.39 is 0 Å². The topological polar surface area (TPSA) is 26.3 Å². The zero-order chi connectivity index (χ0) is 10.8. The van der Waals surface area contributed by atoms with E-state index >= 15 is 0 Å². The Kier molecular flexibility index (Phi) is 7.90. The highest BCUT2D eigenvalue weighted by Crippen LogP contribution is 2.02. The molecule has 0 saturated carbocycles. The van der Waals surface area contributed by atoms with Crippen molar-refractivity contribution in [1.82, 2.24) is 0 Å². The lowest BCUT2D eigenvalue weighted by Gasteiger charge is -2.00. The summed E-state index contributed by atoms with van der Waals surface area (Å²) < 4.78 is 4.86. The van der Waals surface area contributed by atoms with E-state index in [1.807, 2.05) is 13.0 Å². The van der Waals surface area contributed by atoms with Crippen molar-refractivity contribution in [2.75, 3.05) is 6.61 Å².